The number of rotatable bonds is 6. The van der Waals surface area contributed by atoms with E-state index in [-0.39, 0.29) is 10.8 Å². The lowest BCUT2D eigenvalue weighted by molar-refractivity contribution is 0.255. The fourth-order valence-electron chi connectivity index (χ4n) is 4.57. The van der Waals surface area contributed by atoms with Crippen molar-refractivity contribution < 1.29 is 9.84 Å². The molecule has 0 unspecified atom stereocenters. The van der Waals surface area contributed by atoms with Gasteiger partial charge in [0.25, 0.3) is 0 Å². The highest BCUT2D eigenvalue weighted by molar-refractivity contribution is 6.32. The molecule has 0 amide bonds. The average Bonchev–Trinajstić information content (AvgIpc) is 2.76. The van der Waals surface area contributed by atoms with Crippen molar-refractivity contribution in [3.8, 4) is 22.6 Å². The quantitative estimate of drug-likeness (QED) is 0.508. The number of nitrogens with zero attached hydrogens (tertiary/aromatic N) is 2. The molecule has 1 heterocycles. The maximum Gasteiger partial charge on any atom is 0.176 e. The van der Waals surface area contributed by atoms with E-state index in [1.807, 2.05) is 18.3 Å². The van der Waals surface area contributed by atoms with E-state index in [4.69, 9.17) is 16.3 Å². The number of phenols is 1. The lowest BCUT2D eigenvalue weighted by Gasteiger charge is -2.31. The van der Waals surface area contributed by atoms with Crippen molar-refractivity contribution >= 4 is 28.2 Å². The molecule has 1 fully saturated rings. The van der Waals surface area contributed by atoms with Crippen LogP contribution >= 0.6 is 11.6 Å². The van der Waals surface area contributed by atoms with Gasteiger partial charge in [-0.15, -0.1) is 0 Å². The Kier molecular flexibility index (Phi) is 6.54. The first-order valence-electron chi connectivity index (χ1n) is 10.8. The number of hydrogen-bond donors (Lipinski definition) is 2. The van der Waals surface area contributed by atoms with Crippen molar-refractivity contribution in [1.29, 1.82) is 0 Å². The first kappa shape index (κ1) is 21.7. The molecular formula is C25H30ClN3O2. The van der Waals surface area contributed by atoms with Gasteiger partial charge < -0.3 is 20.1 Å². The molecule has 31 heavy (non-hydrogen) atoms. The summed E-state index contributed by atoms with van der Waals surface area (Å²) in [4.78, 5) is 6.84. The smallest absolute Gasteiger partial charge is 0.176 e. The Morgan fingerprint density at radius 2 is 1.87 bits per heavy atom. The minimum atomic E-state index is -0.0393. The van der Waals surface area contributed by atoms with Crippen LogP contribution in [0, 0.1) is 5.92 Å². The zero-order chi connectivity index (χ0) is 22.0. The molecular weight excluding hydrogens is 410 g/mol. The van der Waals surface area contributed by atoms with Gasteiger partial charge >= 0.3 is 0 Å². The van der Waals surface area contributed by atoms with Crippen LogP contribution in [0.5, 0.6) is 11.5 Å². The van der Waals surface area contributed by atoms with Gasteiger partial charge in [0.2, 0.25) is 0 Å². The number of aromatic nitrogens is 1. The van der Waals surface area contributed by atoms with E-state index in [1.54, 1.807) is 12.1 Å². The van der Waals surface area contributed by atoms with Crippen molar-refractivity contribution in [3.63, 3.8) is 0 Å². The minimum Gasteiger partial charge on any atom is -0.503 e. The number of methoxy groups -OCH3 is 1. The fourth-order valence-corrected chi connectivity index (χ4v) is 4.78. The van der Waals surface area contributed by atoms with Crippen LogP contribution in [0.15, 0.2) is 42.6 Å². The van der Waals surface area contributed by atoms with Crippen LogP contribution in [-0.4, -0.2) is 48.8 Å². The van der Waals surface area contributed by atoms with Crippen LogP contribution in [0.3, 0.4) is 0 Å². The van der Waals surface area contributed by atoms with Crippen molar-refractivity contribution in [2.24, 2.45) is 5.92 Å². The fraction of sp³-hybridized carbons (Fsp3) is 0.400. The van der Waals surface area contributed by atoms with E-state index < -0.39 is 0 Å². The third kappa shape index (κ3) is 4.89. The number of aromatic hydroxyl groups is 1. The largest absolute Gasteiger partial charge is 0.503 e. The Bertz CT molecular complexity index is 1060. The van der Waals surface area contributed by atoms with Crippen LogP contribution in [0.2, 0.25) is 5.02 Å². The number of hydrogen-bond acceptors (Lipinski definition) is 5. The number of halogens is 1. The van der Waals surface area contributed by atoms with Gasteiger partial charge in [-0.3, -0.25) is 4.98 Å². The SMILES string of the molecule is COc1cc(-c2ccc3nccc(NC4CCC(CN(C)C)CC4)c3c2)cc(Cl)c1O. The van der Waals surface area contributed by atoms with Gasteiger partial charge in [0.1, 0.15) is 0 Å². The maximum atomic E-state index is 10.1. The predicted molar refractivity (Wildman–Crippen MR) is 128 cm³/mol. The highest BCUT2D eigenvalue weighted by atomic mass is 35.5. The molecule has 0 radical (unpaired) electrons. The molecule has 0 atom stereocenters. The third-order valence-corrected chi connectivity index (χ3v) is 6.44. The molecule has 2 N–H and O–H groups in total. The molecule has 1 aliphatic rings. The predicted octanol–water partition coefficient (Wildman–Crippen LogP) is 5.80. The van der Waals surface area contributed by atoms with Crippen LogP contribution in [0.1, 0.15) is 25.7 Å². The first-order chi connectivity index (χ1) is 14.9. The lowest BCUT2D eigenvalue weighted by Crippen LogP contribution is -2.30. The third-order valence-electron chi connectivity index (χ3n) is 6.15. The number of anilines is 1. The summed E-state index contributed by atoms with van der Waals surface area (Å²) in [6.07, 6.45) is 6.76. The standard InChI is InChI=1S/C25H30ClN3O2/c1-29(2)15-16-4-7-19(8-5-16)28-23-10-11-27-22-9-6-17(12-20(22)23)18-13-21(26)25(30)24(14-18)31-3/h6,9-14,16,19,30H,4-5,7-8,15H2,1-3H3,(H,27,28). The Hall–Kier alpha value is -2.50. The number of nitrogens with one attached hydrogen (secondary N) is 1. The van der Waals surface area contributed by atoms with Crippen LogP contribution in [-0.2, 0) is 0 Å². The zero-order valence-electron chi connectivity index (χ0n) is 18.4. The van der Waals surface area contributed by atoms with E-state index in [2.05, 4.69) is 41.4 Å². The van der Waals surface area contributed by atoms with E-state index in [0.717, 1.165) is 33.6 Å². The van der Waals surface area contributed by atoms with Crippen molar-refractivity contribution in [2.45, 2.75) is 31.7 Å². The zero-order valence-corrected chi connectivity index (χ0v) is 19.1. The number of phenolic OH excluding ortho intramolecular Hbond substituents is 1. The van der Waals surface area contributed by atoms with E-state index >= 15 is 0 Å². The Labute approximate surface area is 189 Å². The Morgan fingerprint density at radius 3 is 2.58 bits per heavy atom. The van der Waals surface area contributed by atoms with Gasteiger partial charge in [0.05, 0.1) is 17.6 Å². The molecule has 2 aromatic carbocycles. The van der Waals surface area contributed by atoms with Gasteiger partial charge in [-0.05, 0) is 87.2 Å². The van der Waals surface area contributed by atoms with Crippen molar-refractivity contribution in [1.82, 2.24) is 9.88 Å². The average molecular weight is 440 g/mol. The van der Waals surface area contributed by atoms with E-state index in [9.17, 15) is 5.11 Å². The number of pyridine rings is 1. The second kappa shape index (κ2) is 9.33. The second-order valence-corrected chi connectivity index (χ2v) is 9.13. The number of benzene rings is 2. The summed E-state index contributed by atoms with van der Waals surface area (Å²) in [5.74, 6) is 1.12. The Balaban J connectivity index is 1.59. The van der Waals surface area contributed by atoms with Gasteiger partial charge in [-0.1, -0.05) is 17.7 Å². The van der Waals surface area contributed by atoms with Gasteiger partial charge in [0.15, 0.2) is 11.5 Å². The molecule has 0 saturated heterocycles. The summed E-state index contributed by atoms with van der Waals surface area (Å²) in [6, 6.07) is 12.3. The van der Waals surface area contributed by atoms with Crippen molar-refractivity contribution in [3.05, 3.63) is 47.6 Å². The molecule has 4 rings (SSSR count). The Morgan fingerprint density at radius 1 is 1.10 bits per heavy atom. The highest BCUT2D eigenvalue weighted by Crippen LogP contribution is 2.39. The van der Waals surface area contributed by atoms with Gasteiger partial charge in [-0.25, -0.2) is 0 Å². The summed E-state index contributed by atoms with van der Waals surface area (Å²) in [5, 5.41) is 15.2. The summed E-state index contributed by atoms with van der Waals surface area (Å²) in [5.41, 5.74) is 3.95. The molecule has 6 heteroatoms. The minimum absolute atomic E-state index is 0.0393. The molecule has 0 aliphatic heterocycles. The summed E-state index contributed by atoms with van der Waals surface area (Å²) in [7, 11) is 5.83. The number of fused-ring (bicyclic) bond motifs is 1. The van der Waals surface area contributed by atoms with E-state index in [0.29, 0.717) is 11.8 Å². The van der Waals surface area contributed by atoms with Crippen LogP contribution < -0.4 is 10.1 Å². The molecule has 164 valence electrons. The summed E-state index contributed by atoms with van der Waals surface area (Å²) >= 11 is 6.21. The van der Waals surface area contributed by atoms with Gasteiger partial charge in [0, 0.05) is 29.9 Å². The monoisotopic (exact) mass is 439 g/mol. The topological polar surface area (TPSA) is 57.6 Å². The molecule has 1 aliphatic carbocycles. The summed E-state index contributed by atoms with van der Waals surface area (Å²) < 4.78 is 5.27. The molecule has 1 saturated carbocycles. The molecule has 0 spiro atoms. The summed E-state index contributed by atoms with van der Waals surface area (Å²) in [6.45, 7) is 1.17. The normalized spacial score (nSPS) is 19.0. The maximum absolute atomic E-state index is 10.1. The van der Waals surface area contributed by atoms with Crippen molar-refractivity contribution in [2.75, 3.05) is 33.1 Å². The van der Waals surface area contributed by atoms with Crippen LogP contribution in [0.4, 0.5) is 5.69 Å². The van der Waals surface area contributed by atoms with Gasteiger partial charge in [-0.2, -0.15) is 0 Å². The number of ether oxygens (including phenoxy) is 1. The van der Waals surface area contributed by atoms with Crippen LogP contribution in [0.25, 0.3) is 22.0 Å². The first-order valence-corrected chi connectivity index (χ1v) is 11.2. The second-order valence-electron chi connectivity index (χ2n) is 8.72. The highest BCUT2D eigenvalue weighted by Gasteiger charge is 2.22. The lowest BCUT2D eigenvalue weighted by atomic mass is 9.85. The molecule has 1 aromatic heterocycles. The molecule has 0 bridgehead atoms. The molecule has 5 nitrogen and oxygen atoms in total. The molecule has 3 aromatic rings. The van der Waals surface area contributed by atoms with E-state index in [1.165, 1.54) is 39.3 Å².